The largest absolute Gasteiger partial charge is 0.489 e. The molecule has 0 aliphatic rings. The molecule has 0 bridgehead atoms. The van der Waals surface area contributed by atoms with Gasteiger partial charge in [0.2, 0.25) is 0 Å². The summed E-state index contributed by atoms with van der Waals surface area (Å²) < 4.78 is 8.30. The van der Waals surface area contributed by atoms with Gasteiger partial charge in [0.25, 0.3) is 0 Å². The number of aromatic nitrogens is 3. The number of carboxylic acids is 1. The van der Waals surface area contributed by atoms with E-state index in [-0.39, 0.29) is 5.69 Å². The number of aromatic carboxylic acids is 1. The molecule has 0 saturated carbocycles. The van der Waals surface area contributed by atoms with E-state index in [1.54, 1.807) is 6.07 Å². The summed E-state index contributed by atoms with van der Waals surface area (Å²) in [6.45, 7) is 1.13. The Morgan fingerprint density at radius 3 is 2.05 bits per heavy atom. The number of fused-ring (bicyclic) bond motifs is 2. The first-order valence-corrected chi connectivity index (χ1v) is 13.8. The van der Waals surface area contributed by atoms with Crippen LogP contribution in [0.3, 0.4) is 0 Å². The van der Waals surface area contributed by atoms with Crippen LogP contribution in [0.25, 0.3) is 43.9 Å². The summed E-state index contributed by atoms with van der Waals surface area (Å²) in [5, 5.41) is 21.2. The first-order chi connectivity index (χ1) is 20.6. The fourth-order valence-electron chi connectivity index (χ4n) is 5.54. The van der Waals surface area contributed by atoms with Crippen molar-refractivity contribution in [3.05, 3.63) is 144 Å². The Kier molecular flexibility index (Phi) is 6.49. The second-order valence-corrected chi connectivity index (χ2v) is 10.3. The summed E-state index contributed by atoms with van der Waals surface area (Å²) in [7, 11) is 0. The average molecular weight is 550 g/mol. The lowest BCUT2D eigenvalue weighted by Gasteiger charge is -2.10. The van der Waals surface area contributed by atoms with Crippen LogP contribution in [0.15, 0.2) is 128 Å². The maximum Gasteiger partial charge on any atom is 0.353 e. The van der Waals surface area contributed by atoms with Gasteiger partial charge < -0.3 is 14.4 Å². The number of nitrogens with zero attached hydrogens (tertiary/aromatic N) is 2. The third-order valence-electron chi connectivity index (χ3n) is 7.64. The zero-order valence-electron chi connectivity index (χ0n) is 22.7. The van der Waals surface area contributed by atoms with Crippen molar-refractivity contribution in [2.24, 2.45) is 0 Å². The maximum atomic E-state index is 11.6. The lowest BCUT2D eigenvalue weighted by molar-refractivity contribution is 0.0690. The third kappa shape index (κ3) is 4.90. The standard InChI is InChI=1S/C36H27N3O3/c40-36(41)35-19-34(37-38-35)33-22-39(20-27-11-5-9-24-7-1-3-13-30(24)27)21-32(33)26-15-17-29(18-16-26)42-23-28-12-6-10-25-8-2-4-14-31(25)28/h1-19,21-22H,20,23H2,(H,37,38)(H,40,41). The average Bonchev–Trinajstić information content (AvgIpc) is 3.69. The van der Waals surface area contributed by atoms with Gasteiger partial charge in [-0.3, -0.25) is 5.10 Å². The summed E-state index contributed by atoms with van der Waals surface area (Å²) in [6.07, 6.45) is 4.13. The summed E-state index contributed by atoms with van der Waals surface area (Å²) in [6, 6.07) is 38.8. The first kappa shape index (κ1) is 25.4. The molecule has 0 amide bonds. The smallest absolute Gasteiger partial charge is 0.353 e. The highest BCUT2D eigenvalue weighted by Gasteiger charge is 2.17. The zero-order valence-corrected chi connectivity index (χ0v) is 22.7. The van der Waals surface area contributed by atoms with Crippen molar-refractivity contribution < 1.29 is 14.6 Å². The normalized spacial score (nSPS) is 11.2. The topological polar surface area (TPSA) is 80.1 Å². The number of rotatable bonds is 8. The fraction of sp³-hybridized carbons (Fsp3) is 0.0556. The van der Waals surface area contributed by atoms with E-state index in [1.807, 2.05) is 48.7 Å². The van der Waals surface area contributed by atoms with Gasteiger partial charge in [-0.05, 0) is 56.4 Å². The van der Waals surface area contributed by atoms with Crippen molar-refractivity contribution in [1.29, 1.82) is 0 Å². The highest BCUT2D eigenvalue weighted by Crippen LogP contribution is 2.34. The molecule has 0 aliphatic heterocycles. The summed E-state index contributed by atoms with van der Waals surface area (Å²) in [4.78, 5) is 11.6. The minimum atomic E-state index is -1.04. The van der Waals surface area contributed by atoms with Crippen molar-refractivity contribution in [2.75, 3.05) is 0 Å². The predicted octanol–water partition coefficient (Wildman–Crippen LogP) is 8.18. The number of H-pyrrole nitrogens is 1. The Hall–Kier alpha value is -5.62. The summed E-state index contributed by atoms with van der Waals surface area (Å²) in [5.41, 5.74) is 5.76. The van der Waals surface area contributed by atoms with Crippen LogP contribution in [0.2, 0.25) is 0 Å². The van der Waals surface area contributed by atoms with Crippen molar-refractivity contribution in [3.8, 4) is 28.1 Å². The Labute approximate surface area is 242 Å². The van der Waals surface area contributed by atoms with Gasteiger partial charge >= 0.3 is 5.97 Å². The van der Waals surface area contributed by atoms with E-state index >= 15 is 0 Å². The number of nitrogens with one attached hydrogen (secondary N) is 1. The Bertz CT molecular complexity index is 2040. The van der Waals surface area contributed by atoms with Gasteiger partial charge in [0.05, 0.1) is 5.69 Å². The van der Waals surface area contributed by atoms with Crippen LogP contribution >= 0.6 is 0 Å². The van der Waals surface area contributed by atoms with Gasteiger partial charge in [-0.15, -0.1) is 0 Å². The van der Waals surface area contributed by atoms with Crippen molar-refractivity contribution in [3.63, 3.8) is 0 Å². The number of ether oxygens (including phenoxy) is 1. The number of carbonyl (C=O) groups is 1. The van der Waals surface area contributed by atoms with E-state index < -0.39 is 5.97 Å². The monoisotopic (exact) mass is 549 g/mol. The highest BCUT2D eigenvalue weighted by atomic mass is 16.5. The van der Waals surface area contributed by atoms with Crippen LogP contribution in [0.1, 0.15) is 21.6 Å². The Balaban J connectivity index is 1.20. The van der Waals surface area contributed by atoms with E-state index in [1.165, 1.54) is 27.1 Å². The molecular weight excluding hydrogens is 522 g/mol. The minimum Gasteiger partial charge on any atom is -0.489 e. The highest BCUT2D eigenvalue weighted by molar-refractivity contribution is 5.89. The van der Waals surface area contributed by atoms with Crippen molar-refractivity contribution in [2.45, 2.75) is 13.2 Å². The molecule has 7 aromatic rings. The maximum absolute atomic E-state index is 11.6. The molecule has 0 aliphatic carbocycles. The van der Waals surface area contributed by atoms with Crippen molar-refractivity contribution >= 4 is 27.5 Å². The van der Waals surface area contributed by atoms with Crippen LogP contribution < -0.4 is 4.74 Å². The second kappa shape index (κ2) is 10.7. The molecule has 6 nitrogen and oxygen atoms in total. The van der Waals surface area contributed by atoms with Crippen LogP contribution in [0, 0.1) is 0 Å². The van der Waals surface area contributed by atoms with E-state index in [9.17, 15) is 9.90 Å². The van der Waals surface area contributed by atoms with E-state index in [0.29, 0.717) is 18.8 Å². The Morgan fingerprint density at radius 2 is 1.36 bits per heavy atom. The molecule has 0 radical (unpaired) electrons. The Morgan fingerprint density at radius 1 is 0.738 bits per heavy atom. The van der Waals surface area contributed by atoms with Crippen LogP contribution in [-0.4, -0.2) is 25.8 Å². The molecule has 6 heteroatoms. The van der Waals surface area contributed by atoms with Crippen molar-refractivity contribution in [1.82, 2.24) is 14.8 Å². The molecule has 2 aromatic heterocycles. The SMILES string of the molecule is O=C(O)c1cc(-c2cn(Cc3cccc4ccccc34)cc2-c2ccc(OCc3cccc4ccccc34)cc2)n[nH]1. The fourth-order valence-corrected chi connectivity index (χ4v) is 5.54. The molecule has 0 saturated heterocycles. The summed E-state index contributed by atoms with van der Waals surface area (Å²) in [5.74, 6) is -0.269. The van der Waals surface area contributed by atoms with Gasteiger partial charge in [-0.1, -0.05) is 97.1 Å². The number of carboxylic acid groups (broad SMARTS) is 1. The minimum absolute atomic E-state index is 0.0509. The molecule has 2 heterocycles. The van der Waals surface area contributed by atoms with Gasteiger partial charge in [0, 0.05) is 30.1 Å². The third-order valence-corrected chi connectivity index (χ3v) is 7.64. The lowest BCUT2D eigenvalue weighted by atomic mass is 10.0. The van der Waals surface area contributed by atoms with Gasteiger partial charge in [-0.2, -0.15) is 5.10 Å². The molecule has 0 atom stereocenters. The molecule has 42 heavy (non-hydrogen) atoms. The van der Waals surface area contributed by atoms with Gasteiger partial charge in [-0.25, -0.2) is 4.79 Å². The number of hydrogen-bond acceptors (Lipinski definition) is 3. The molecule has 2 N–H and O–H groups in total. The first-order valence-electron chi connectivity index (χ1n) is 13.8. The summed E-state index contributed by atoms with van der Waals surface area (Å²) >= 11 is 0. The predicted molar refractivity (Wildman–Crippen MR) is 166 cm³/mol. The molecule has 7 rings (SSSR count). The number of benzene rings is 5. The van der Waals surface area contributed by atoms with Crippen LogP contribution in [-0.2, 0) is 13.2 Å². The molecular formula is C36H27N3O3. The molecule has 5 aromatic carbocycles. The molecule has 0 spiro atoms. The zero-order chi connectivity index (χ0) is 28.5. The van der Waals surface area contributed by atoms with Crippen LogP contribution in [0.4, 0.5) is 0 Å². The number of aromatic amines is 1. The van der Waals surface area contributed by atoms with Crippen LogP contribution in [0.5, 0.6) is 5.75 Å². The molecule has 0 unspecified atom stereocenters. The van der Waals surface area contributed by atoms with E-state index in [2.05, 4.69) is 87.7 Å². The van der Waals surface area contributed by atoms with Gasteiger partial charge in [0.1, 0.15) is 18.1 Å². The van der Waals surface area contributed by atoms with E-state index in [4.69, 9.17) is 4.74 Å². The quantitative estimate of drug-likeness (QED) is 0.200. The molecule has 204 valence electrons. The van der Waals surface area contributed by atoms with E-state index in [0.717, 1.165) is 28.0 Å². The van der Waals surface area contributed by atoms with Gasteiger partial charge in [0.15, 0.2) is 0 Å². The molecule has 0 fully saturated rings. The lowest BCUT2D eigenvalue weighted by Crippen LogP contribution is -1.97. The second-order valence-electron chi connectivity index (χ2n) is 10.3. The number of hydrogen-bond donors (Lipinski definition) is 2.